The molecule has 0 saturated heterocycles. The Kier molecular flexibility index (Phi) is 3.71. The lowest BCUT2D eigenvalue weighted by molar-refractivity contribution is 0.108. The minimum atomic E-state index is -0.642. The number of rotatable bonds is 3. The standard InChI is InChI=1S/C7H5Cl2NO2S/c8-6-2-1-4(10-13-12)3-5(6)7(9)11/h1-3,13H,(H,10,12). The van der Waals surface area contributed by atoms with Gasteiger partial charge in [-0.2, -0.15) is 0 Å². The number of thiol groups is 1. The van der Waals surface area contributed by atoms with Gasteiger partial charge in [-0.05, 0) is 29.8 Å². The zero-order valence-electron chi connectivity index (χ0n) is 6.25. The molecule has 0 aliphatic heterocycles. The van der Waals surface area contributed by atoms with Gasteiger partial charge >= 0.3 is 0 Å². The van der Waals surface area contributed by atoms with Crippen molar-refractivity contribution in [2.24, 2.45) is 0 Å². The molecular formula is C7H5Cl2NO2S. The van der Waals surface area contributed by atoms with Crippen molar-refractivity contribution in [3.8, 4) is 0 Å². The van der Waals surface area contributed by atoms with E-state index < -0.39 is 5.24 Å². The van der Waals surface area contributed by atoms with E-state index in [1.54, 1.807) is 6.07 Å². The summed E-state index contributed by atoms with van der Waals surface area (Å²) in [5.74, 6) is 0. The highest BCUT2D eigenvalue weighted by atomic mass is 35.5. The second kappa shape index (κ2) is 4.60. The van der Waals surface area contributed by atoms with Gasteiger partial charge in [0.15, 0.2) is 0 Å². The predicted molar refractivity (Wildman–Crippen MR) is 54.8 cm³/mol. The van der Waals surface area contributed by atoms with Gasteiger partial charge < -0.3 is 4.72 Å². The van der Waals surface area contributed by atoms with Crippen LogP contribution in [0.4, 0.5) is 5.69 Å². The van der Waals surface area contributed by atoms with E-state index in [9.17, 15) is 9.00 Å². The number of carbonyl (C=O) groups excluding carboxylic acids is 1. The van der Waals surface area contributed by atoms with Gasteiger partial charge in [-0.25, -0.2) is 4.21 Å². The Morgan fingerprint density at radius 2 is 2.15 bits per heavy atom. The van der Waals surface area contributed by atoms with Crippen molar-refractivity contribution in [3.05, 3.63) is 28.8 Å². The minimum Gasteiger partial charge on any atom is -0.308 e. The van der Waals surface area contributed by atoms with Crippen LogP contribution in [0.1, 0.15) is 10.4 Å². The number of benzene rings is 1. The summed E-state index contributed by atoms with van der Waals surface area (Å²) in [7, 11) is 0. The molecule has 1 rings (SSSR count). The first kappa shape index (κ1) is 10.5. The third-order valence-electron chi connectivity index (χ3n) is 1.35. The molecule has 6 heteroatoms. The highest BCUT2D eigenvalue weighted by Crippen LogP contribution is 2.21. The number of nitrogens with one attached hydrogen (secondary N) is 1. The molecule has 0 unspecified atom stereocenters. The lowest BCUT2D eigenvalue weighted by Crippen LogP contribution is -1.94. The van der Waals surface area contributed by atoms with Crippen molar-refractivity contribution in [1.82, 2.24) is 0 Å². The molecular weight excluding hydrogens is 233 g/mol. The molecule has 0 spiro atoms. The molecule has 0 fully saturated rings. The summed E-state index contributed by atoms with van der Waals surface area (Å²) in [5, 5.41) is -0.371. The molecule has 1 aromatic carbocycles. The lowest BCUT2D eigenvalue weighted by atomic mass is 10.2. The van der Waals surface area contributed by atoms with E-state index in [0.29, 0.717) is 5.69 Å². The molecule has 3 nitrogen and oxygen atoms in total. The Morgan fingerprint density at radius 3 is 2.69 bits per heavy atom. The maximum atomic E-state index is 10.8. The fourth-order valence-electron chi connectivity index (χ4n) is 0.798. The zero-order chi connectivity index (χ0) is 9.84. The molecule has 0 atom stereocenters. The van der Waals surface area contributed by atoms with Crippen LogP contribution < -0.4 is 4.72 Å². The van der Waals surface area contributed by atoms with E-state index in [2.05, 4.69) is 4.72 Å². The van der Waals surface area contributed by atoms with Gasteiger partial charge in [0, 0.05) is 5.69 Å². The van der Waals surface area contributed by atoms with Crippen LogP contribution in [-0.4, -0.2) is 9.45 Å². The number of hydrogen-bond donors (Lipinski definition) is 2. The summed E-state index contributed by atoms with van der Waals surface area (Å²) in [4.78, 5) is 10.8. The van der Waals surface area contributed by atoms with Gasteiger partial charge in [-0.15, -0.1) is 0 Å². The largest absolute Gasteiger partial charge is 0.308 e. The van der Waals surface area contributed by atoms with E-state index in [0.717, 1.165) is 0 Å². The number of hydrogen-bond acceptors (Lipinski definition) is 2. The molecule has 0 aliphatic rings. The lowest BCUT2D eigenvalue weighted by Gasteiger charge is -2.01. The molecule has 0 bridgehead atoms. The maximum absolute atomic E-state index is 10.8. The molecule has 0 heterocycles. The molecule has 0 radical (unpaired) electrons. The maximum Gasteiger partial charge on any atom is 0.253 e. The topological polar surface area (TPSA) is 46.2 Å². The Balaban J connectivity index is 3.10. The zero-order valence-corrected chi connectivity index (χ0v) is 8.66. The van der Waals surface area contributed by atoms with Crippen LogP contribution in [0.25, 0.3) is 0 Å². The first-order chi connectivity index (χ1) is 6.15. The van der Waals surface area contributed by atoms with Crippen LogP contribution in [0.5, 0.6) is 0 Å². The fraction of sp³-hybridized carbons (Fsp3) is 0. The predicted octanol–water partition coefficient (Wildman–Crippen LogP) is 1.99. The van der Waals surface area contributed by atoms with Crippen molar-refractivity contribution in [1.29, 1.82) is 0 Å². The number of anilines is 1. The Morgan fingerprint density at radius 1 is 1.46 bits per heavy atom. The Bertz CT molecular complexity index is 356. The Labute approximate surface area is 88.7 Å². The molecule has 0 amide bonds. The van der Waals surface area contributed by atoms with Gasteiger partial charge in [0.2, 0.25) is 0 Å². The molecule has 0 saturated carbocycles. The van der Waals surface area contributed by atoms with Gasteiger partial charge in [0.1, 0.15) is 11.9 Å². The van der Waals surface area contributed by atoms with Crippen molar-refractivity contribution in [3.63, 3.8) is 0 Å². The normalized spacial score (nSPS) is 9.69. The van der Waals surface area contributed by atoms with Crippen molar-refractivity contribution < 1.29 is 9.00 Å². The van der Waals surface area contributed by atoms with Crippen molar-refractivity contribution in [2.75, 3.05) is 4.72 Å². The van der Waals surface area contributed by atoms with E-state index in [1.165, 1.54) is 12.1 Å². The smallest absolute Gasteiger partial charge is 0.253 e. The summed E-state index contributed by atoms with van der Waals surface area (Å²) in [6.07, 6.45) is 0. The molecule has 1 N–H and O–H groups in total. The van der Waals surface area contributed by atoms with Crippen molar-refractivity contribution >= 4 is 46.0 Å². The molecule has 0 aromatic heterocycles. The summed E-state index contributed by atoms with van der Waals surface area (Å²) in [6, 6.07) is 4.53. The third-order valence-corrected chi connectivity index (χ3v) is 2.24. The molecule has 1 aromatic rings. The monoisotopic (exact) mass is 237 g/mol. The molecule has 70 valence electrons. The highest BCUT2D eigenvalue weighted by molar-refractivity contribution is 7.67. The van der Waals surface area contributed by atoms with Crippen LogP contribution in [-0.2, 0) is 11.9 Å². The molecule has 0 aliphatic carbocycles. The Hall–Kier alpha value is -0.580. The second-order valence-corrected chi connectivity index (χ2v) is 3.33. The number of halogens is 2. The number of carbonyl (C=O) groups is 1. The first-order valence-electron chi connectivity index (χ1n) is 3.23. The van der Waals surface area contributed by atoms with Crippen molar-refractivity contribution in [2.45, 2.75) is 0 Å². The van der Waals surface area contributed by atoms with Crippen LogP contribution >= 0.6 is 23.2 Å². The van der Waals surface area contributed by atoms with Gasteiger partial charge in [0.05, 0.1) is 10.6 Å². The second-order valence-electron chi connectivity index (χ2n) is 2.17. The SMILES string of the molecule is O=[SH]Nc1ccc(Cl)c(C(=O)Cl)c1. The van der Waals surface area contributed by atoms with Crippen LogP contribution in [0.15, 0.2) is 18.2 Å². The third kappa shape index (κ3) is 2.69. The van der Waals surface area contributed by atoms with Crippen LogP contribution in [0, 0.1) is 0 Å². The summed E-state index contributed by atoms with van der Waals surface area (Å²) < 4.78 is 12.7. The quantitative estimate of drug-likeness (QED) is 0.624. The first-order valence-corrected chi connectivity index (χ1v) is 4.79. The minimum absolute atomic E-state index is 0.192. The fourth-order valence-corrected chi connectivity index (χ4v) is 1.45. The molecule has 13 heavy (non-hydrogen) atoms. The van der Waals surface area contributed by atoms with E-state index in [4.69, 9.17) is 23.2 Å². The van der Waals surface area contributed by atoms with E-state index >= 15 is 0 Å². The summed E-state index contributed by atoms with van der Waals surface area (Å²) in [5.41, 5.74) is 0.710. The van der Waals surface area contributed by atoms with E-state index in [1.807, 2.05) is 0 Å². The van der Waals surface area contributed by atoms with Gasteiger partial charge in [-0.1, -0.05) is 11.6 Å². The van der Waals surface area contributed by atoms with Gasteiger partial charge in [-0.3, -0.25) is 4.79 Å². The average Bonchev–Trinajstić information content (AvgIpc) is 2.08. The summed E-state index contributed by atoms with van der Waals surface area (Å²) >= 11 is 10.7. The summed E-state index contributed by atoms with van der Waals surface area (Å²) in [6.45, 7) is 0. The average molecular weight is 238 g/mol. The highest BCUT2D eigenvalue weighted by Gasteiger charge is 2.07. The van der Waals surface area contributed by atoms with Crippen LogP contribution in [0.3, 0.4) is 0 Å². The van der Waals surface area contributed by atoms with E-state index in [-0.39, 0.29) is 22.4 Å². The van der Waals surface area contributed by atoms with Gasteiger partial charge in [0.25, 0.3) is 5.24 Å². The van der Waals surface area contributed by atoms with Crippen LogP contribution in [0.2, 0.25) is 5.02 Å².